The lowest BCUT2D eigenvalue weighted by atomic mass is 10.0. The Bertz CT molecular complexity index is 1050. The number of rotatable bonds is 9. The SMILES string of the molecule is C=CCC(C(=O)NS(=O)(=O)/C=C/c1ccccc1)C(=O)N(c1ccc(F)cc1)C(C)C. The van der Waals surface area contributed by atoms with E-state index in [1.165, 1.54) is 41.3 Å². The highest BCUT2D eigenvalue weighted by atomic mass is 32.2. The molecule has 1 N–H and O–H groups in total. The van der Waals surface area contributed by atoms with Crippen molar-refractivity contribution in [3.63, 3.8) is 0 Å². The number of anilines is 1. The summed E-state index contributed by atoms with van der Waals surface area (Å²) < 4.78 is 39.9. The third kappa shape index (κ3) is 6.89. The molecule has 0 spiro atoms. The van der Waals surface area contributed by atoms with Crippen molar-refractivity contribution in [3.8, 4) is 0 Å². The summed E-state index contributed by atoms with van der Waals surface area (Å²) in [6, 6.07) is 13.6. The first-order valence-electron chi connectivity index (χ1n) is 9.64. The maximum absolute atomic E-state index is 13.3. The highest BCUT2D eigenvalue weighted by Crippen LogP contribution is 2.22. The fourth-order valence-electron chi connectivity index (χ4n) is 2.91. The molecule has 0 saturated carbocycles. The molecule has 2 rings (SSSR count). The highest BCUT2D eigenvalue weighted by molar-refractivity contribution is 7.93. The molecule has 2 aromatic rings. The number of allylic oxidation sites excluding steroid dienone is 1. The van der Waals surface area contributed by atoms with Crippen LogP contribution in [-0.2, 0) is 19.6 Å². The van der Waals surface area contributed by atoms with Crippen LogP contribution in [0.25, 0.3) is 6.08 Å². The third-order valence-corrected chi connectivity index (χ3v) is 5.34. The summed E-state index contributed by atoms with van der Waals surface area (Å²) in [6.45, 7) is 7.04. The standard InChI is InChI=1S/C23H25FN2O4S/c1-4-8-21(23(28)26(17(2)3)20-13-11-19(24)12-14-20)22(27)25-31(29,30)16-15-18-9-6-5-7-10-18/h4-7,9-17,21H,1,8H2,2-3H3,(H,25,27)/b16-15+. The van der Waals surface area contributed by atoms with Crippen molar-refractivity contribution < 1.29 is 22.4 Å². The molecular formula is C23H25FN2O4S. The minimum absolute atomic E-state index is 0.0625. The molecule has 0 bridgehead atoms. The summed E-state index contributed by atoms with van der Waals surface area (Å²) in [5.74, 6) is -3.35. The van der Waals surface area contributed by atoms with Crippen molar-refractivity contribution in [2.75, 3.05) is 4.90 Å². The van der Waals surface area contributed by atoms with Gasteiger partial charge in [0.1, 0.15) is 11.7 Å². The summed E-state index contributed by atoms with van der Waals surface area (Å²) in [5.41, 5.74) is 1.04. The molecular weight excluding hydrogens is 419 g/mol. The predicted molar refractivity (Wildman–Crippen MR) is 120 cm³/mol. The number of nitrogens with zero attached hydrogens (tertiary/aromatic N) is 1. The van der Waals surface area contributed by atoms with E-state index in [4.69, 9.17) is 0 Å². The van der Waals surface area contributed by atoms with Gasteiger partial charge in [-0.2, -0.15) is 0 Å². The zero-order valence-electron chi connectivity index (χ0n) is 17.4. The Hall–Kier alpha value is -3.26. The molecule has 164 valence electrons. The van der Waals surface area contributed by atoms with Crippen LogP contribution in [0.5, 0.6) is 0 Å². The Morgan fingerprint density at radius 1 is 1.10 bits per heavy atom. The number of amides is 2. The Balaban J connectivity index is 2.25. The number of hydrogen-bond acceptors (Lipinski definition) is 4. The van der Waals surface area contributed by atoms with Gasteiger partial charge in [0.05, 0.1) is 5.41 Å². The van der Waals surface area contributed by atoms with Crippen molar-refractivity contribution in [1.82, 2.24) is 4.72 Å². The third-order valence-electron chi connectivity index (χ3n) is 4.36. The number of carbonyl (C=O) groups excluding carboxylic acids is 2. The zero-order valence-corrected chi connectivity index (χ0v) is 18.2. The van der Waals surface area contributed by atoms with Gasteiger partial charge < -0.3 is 4.90 Å². The lowest BCUT2D eigenvalue weighted by molar-refractivity contribution is -0.132. The topological polar surface area (TPSA) is 83.5 Å². The van der Waals surface area contributed by atoms with Gasteiger partial charge in [0.25, 0.3) is 10.0 Å². The largest absolute Gasteiger partial charge is 0.309 e. The molecule has 31 heavy (non-hydrogen) atoms. The van der Waals surface area contributed by atoms with Gasteiger partial charge in [-0.3, -0.25) is 9.59 Å². The Morgan fingerprint density at radius 2 is 1.71 bits per heavy atom. The van der Waals surface area contributed by atoms with Gasteiger partial charge in [0.2, 0.25) is 11.8 Å². The van der Waals surface area contributed by atoms with Crippen LogP contribution in [0.2, 0.25) is 0 Å². The van der Waals surface area contributed by atoms with E-state index in [1.807, 2.05) is 4.72 Å². The normalized spacial score (nSPS) is 12.5. The number of hydrogen-bond donors (Lipinski definition) is 1. The van der Waals surface area contributed by atoms with Gasteiger partial charge in [-0.05, 0) is 56.2 Å². The fourth-order valence-corrected chi connectivity index (χ4v) is 3.74. The molecule has 0 aliphatic carbocycles. The van der Waals surface area contributed by atoms with Gasteiger partial charge in [0.15, 0.2) is 0 Å². The molecule has 0 saturated heterocycles. The average Bonchev–Trinajstić information content (AvgIpc) is 2.72. The van der Waals surface area contributed by atoms with Gasteiger partial charge in [0, 0.05) is 11.7 Å². The molecule has 0 heterocycles. The number of carbonyl (C=O) groups is 2. The molecule has 2 amide bonds. The number of benzene rings is 2. The van der Waals surface area contributed by atoms with E-state index in [0.717, 1.165) is 5.41 Å². The maximum atomic E-state index is 13.3. The monoisotopic (exact) mass is 444 g/mol. The highest BCUT2D eigenvalue weighted by Gasteiger charge is 2.33. The second kappa shape index (κ2) is 10.7. The molecule has 1 unspecified atom stereocenters. The van der Waals surface area contributed by atoms with Crippen molar-refractivity contribution in [1.29, 1.82) is 0 Å². The Morgan fingerprint density at radius 3 is 2.26 bits per heavy atom. The maximum Gasteiger partial charge on any atom is 0.257 e. The number of nitrogens with one attached hydrogen (secondary N) is 1. The minimum atomic E-state index is -4.13. The fraction of sp³-hybridized carbons (Fsp3) is 0.217. The number of sulfonamides is 1. The van der Waals surface area contributed by atoms with E-state index in [-0.39, 0.29) is 12.5 Å². The van der Waals surface area contributed by atoms with Gasteiger partial charge in [-0.1, -0.05) is 36.4 Å². The second-order valence-electron chi connectivity index (χ2n) is 7.08. The first-order chi connectivity index (χ1) is 14.6. The Kier molecular flexibility index (Phi) is 8.27. The molecule has 1 atom stereocenters. The zero-order chi connectivity index (χ0) is 23.0. The van der Waals surface area contributed by atoms with Crippen LogP contribution in [0.3, 0.4) is 0 Å². The first kappa shape index (κ1) is 24.0. The summed E-state index contributed by atoms with van der Waals surface area (Å²) in [5, 5.41) is 0.871. The quantitative estimate of drug-likeness (QED) is 0.470. The summed E-state index contributed by atoms with van der Waals surface area (Å²) in [4.78, 5) is 27.2. The van der Waals surface area contributed by atoms with Crippen molar-refractivity contribution in [2.24, 2.45) is 5.92 Å². The second-order valence-corrected chi connectivity index (χ2v) is 8.65. The van der Waals surface area contributed by atoms with E-state index in [9.17, 15) is 22.4 Å². The molecule has 0 fully saturated rings. The average molecular weight is 445 g/mol. The van der Waals surface area contributed by atoms with Crippen molar-refractivity contribution in [3.05, 3.63) is 84.0 Å². The first-order valence-corrected chi connectivity index (χ1v) is 11.2. The van der Waals surface area contributed by atoms with Crippen LogP contribution in [0.15, 0.2) is 72.7 Å². The molecule has 8 heteroatoms. The molecule has 6 nitrogen and oxygen atoms in total. The van der Waals surface area contributed by atoms with E-state index in [0.29, 0.717) is 11.3 Å². The summed E-state index contributed by atoms with van der Waals surface area (Å²) in [6.07, 6.45) is 2.66. The van der Waals surface area contributed by atoms with Crippen molar-refractivity contribution >= 4 is 33.6 Å². The molecule has 0 aliphatic heterocycles. The number of halogens is 1. The van der Waals surface area contributed by atoms with E-state index in [1.54, 1.807) is 44.2 Å². The molecule has 2 aromatic carbocycles. The lowest BCUT2D eigenvalue weighted by Crippen LogP contribution is -2.47. The van der Waals surface area contributed by atoms with E-state index in [2.05, 4.69) is 6.58 Å². The lowest BCUT2D eigenvalue weighted by Gasteiger charge is -2.30. The van der Waals surface area contributed by atoms with Crippen molar-refractivity contribution in [2.45, 2.75) is 26.3 Å². The van der Waals surface area contributed by atoms with E-state index < -0.39 is 33.6 Å². The van der Waals surface area contributed by atoms with Crippen LogP contribution < -0.4 is 9.62 Å². The Labute approximate surface area is 182 Å². The van der Waals surface area contributed by atoms with Crippen LogP contribution in [0.4, 0.5) is 10.1 Å². The molecule has 0 aromatic heterocycles. The summed E-state index contributed by atoms with van der Waals surface area (Å²) >= 11 is 0. The van der Waals surface area contributed by atoms with Gasteiger partial charge in [-0.25, -0.2) is 17.5 Å². The van der Waals surface area contributed by atoms with E-state index >= 15 is 0 Å². The molecule has 0 aliphatic rings. The van der Waals surface area contributed by atoms with Gasteiger partial charge in [-0.15, -0.1) is 6.58 Å². The van der Waals surface area contributed by atoms with Crippen LogP contribution in [-0.4, -0.2) is 26.3 Å². The summed E-state index contributed by atoms with van der Waals surface area (Å²) in [7, 11) is -4.13. The van der Waals surface area contributed by atoms with Crippen LogP contribution in [0, 0.1) is 11.7 Å². The van der Waals surface area contributed by atoms with Crippen LogP contribution in [0.1, 0.15) is 25.8 Å². The predicted octanol–water partition coefficient (Wildman–Crippen LogP) is 3.88. The minimum Gasteiger partial charge on any atom is -0.309 e. The van der Waals surface area contributed by atoms with Gasteiger partial charge >= 0.3 is 0 Å². The van der Waals surface area contributed by atoms with Crippen LogP contribution >= 0.6 is 0 Å². The molecule has 0 radical (unpaired) electrons. The smallest absolute Gasteiger partial charge is 0.257 e.